The number of rotatable bonds is 4. The summed E-state index contributed by atoms with van der Waals surface area (Å²) in [7, 11) is 0. The first-order valence-corrected chi connectivity index (χ1v) is 7.30. The van der Waals surface area contributed by atoms with E-state index in [1.807, 2.05) is 24.3 Å². The van der Waals surface area contributed by atoms with E-state index in [2.05, 4.69) is 10.5 Å². The summed E-state index contributed by atoms with van der Waals surface area (Å²) >= 11 is 17.9. The van der Waals surface area contributed by atoms with Crippen molar-refractivity contribution in [2.24, 2.45) is 16.8 Å². The number of ether oxygens (including phenoxy) is 1. The van der Waals surface area contributed by atoms with Gasteiger partial charge in [-0.15, -0.1) is 0 Å². The standard InChI is InChI=1S/C14H13Cl3N4O/c15-10-4-5-11(13(17)12(10)16)22-7-8-2-1-3-9(6-8)14(20-18)21-19/h1-6H,7,18-19H2,(H,20,21). The second kappa shape index (κ2) is 7.56. The van der Waals surface area contributed by atoms with E-state index < -0.39 is 0 Å². The molecule has 0 unspecified atom stereocenters. The lowest BCUT2D eigenvalue weighted by atomic mass is 10.1. The minimum Gasteiger partial charge on any atom is -0.487 e. The fourth-order valence-corrected chi connectivity index (χ4v) is 2.37. The zero-order chi connectivity index (χ0) is 16.1. The van der Waals surface area contributed by atoms with Crippen LogP contribution in [0, 0.1) is 0 Å². The van der Waals surface area contributed by atoms with Crippen LogP contribution in [0.3, 0.4) is 0 Å². The van der Waals surface area contributed by atoms with Gasteiger partial charge in [0, 0.05) is 5.56 Å². The second-order valence-electron chi connectivity index (χ2n) is 4.28. The highest BCUT2D eigenvalue weighted by atomic mass is 35.5. The molecule has 0 aromatic heterocycles. The third-order valence-corrected chi connectivity index (χ3v) is 4.14. The number of hydrogen-bond donors (Lipinski definition) is 3. The van der Waals surface area contributed by atoms with E-state index in [4.69, 9.17) is 51.2 Å². The number of hydrogen-bond acceptors (Lipinski definition) is 4. The number of amidine groups is 1. The third-order valence-electron chi connectivity index (χ3n) is 2.86. The number of benzene rings is 2. The van der Waals surface area contributed by atoms with Gasteiger partial charge in [0.2, 0.25) is 0 Å². The Morgan fingerprint density at radius 2 is 1.91 bits per heavy atom. The number of nitrogens with one attached hydrogen (secondary N) is 1. The lowest BCUT2D eigenvalue weighted by Crippen LogP contribution is -2.32. The molecule has 0 bridgehead atoms. The molecule has 2 rings (SSSR count). The summed E-state index contributed by atoms with van der Waals surface area (Å²) in [6.45, 7) is 0.286. The molecule has 0 saturated carbocycles. The maximum atomic E-state index is 6.09. The molecule has 0 amide bonds. The number of nitrogens with zero attached hydrogens (tertiary/aromatic N) is 1. The topological polar surface area (TPSA) is 85.7 Å². The molecule has 0 aliphatic heterocycles. The Balaban J connectivity index is 2.16. The smallest absolute Gasteiger partial charge is 0.166 e. The van der Waals surface area contributed by atoms with E-state index in [1.165, 1.54) is 0 Å². The van der Waals surface area contributed by atoms with Crippen LogP contribution in [0.5, 0.6) is 5.75 Å². The van der Waals surface area contributed by atoms with Gasteiger partial charge >= 0.3 is 0 Å². The molecule has 0 aliphatic carbocycles. The van der Waals surface area contributed by atoms with Crippen LogP contribution in [0.1, 0.15) is 11.1 Å². The highest BCUT2D eigenvalue weighted by molar-refractivity contribution is 6.48. The van der Waals surface area contributed by atoms with Gasteiger partial charge in [0.25, 0.3) is 0 Å². The van der Waals surface area contributed by atoms with Crippen LogP contribution in [-0.2, 0) is 6.61 Å². The minimum absolute atomic E-state index is 0.263. The van der Waals surface area contributed by atoms with Crippen LogP contribution in [0.15, 0.2) is 41.5 Å². The molecule has 0 radical (unpaired) electrons. The largest absolute Gasteiger partial charge is 0.487 e. The summed E-state index contributed by atoms with van der Waals surface area (Å²) in [4.78, 5) is 0. The van der Waals surface area contributed by atoms with Crippen molar-refractivity contribution in [2.75, 3.05) is 0 Å². The van der Waals surface area contributed by atoms with Crippen molar-refractivity contribution in [1.82, 2.24) is 5.43 Å². The van der Waals surface area contributed by atoms with Crippen LogP contribution in [-0.4, -0.2) is 5.84 Å². The van der Waals surface area contributed by atoms with Crippen molar-refractivity contribution in [3.05, 3.63) is 62.6 Å². The van der Waals surface area contributed by atoms with Crippen LogP contribution in [0.4, 0.5) is 0 Å². The Labute approximate surface area is 142 Å². The van der Waals surface area contributed by atoms with Crippen LogP contribution in [0.2, 0.25) is 15.1 Å². The zero-order valence-corrected chi connectivity index (χ0v) is 13.6. The fraction of sp³-hybridized carbons (Fsp3) is 0.0714. The zero-order valence-electron chi connectivity index (χ0n) is 11.3. The molecule has 0 aliphatic rings. The normalized spacial score (nSPS) is 11.4. The van der Waals surface area contributed by atoms with E-state index in [1.54, 1.807) is 12.1 Å². The summed E-state index contributed by atoms with van der Waals surface area (Å²) in [6, 6.07) is 10.7. The van der Waals surface area contributed by atoms with E-state index in [9.17, 15) is 0 Å². The quantitative estimate of drug-likeness (QED) is 0.257. The molecular weight excluding hydrogens is 347 g/mol. The van der Waals surface area contributed by atoms with E-state index in [0.717, 1.165) is 11.1 Å². The van der Waals surface area contributed by atoms with Crippen LogP contribution < -0.4 is 21.8 Å². The van der Waals surface area contributed by atoms with Crippen LogP contribution in [0.25, 0.3) is 0 Å². The van der Waals surface area contributed by atoms with Crippen molar-refractivity contribution in [3.8, 4) is 5.75 Å². The predicted octanol–water partition coefficient (Wildman–Crippen LogP) is 3.31. The molecule has 0 spiro atoms. The monoisotopic (exact) mass is 358 g/mol. The number of nitrogens with two attached hydrogens (primary N) is 2. The average molecular weight is 360 g/mol. The molecule has 5 nitrogen and oxygen atoms in total. The van der Waals surface area contributed by atoms with Gasteiger partial charge in [0.15, 0.2) is 5.84 Å². The molecule has 2 aromatic carbocycles. The molecule has 0 atom stereocenters. The number of hydrazine groups is 1. The predicted molar refractivity (Wildman–Crippen MR) is 90.3 cm³/mol. The summed E-state index contributed by atoms with van der Waals surface area (Å²) in [5.74, 6) is 11.4. The molecule has 22 heavy (non-hydrogen) atoms. The van der Waals surface area contributed by atoms with Gasteiger partial charge in [0.05, 0.1) is 10.0 Å². The lowest BCUT2D eigenvalue weighted by molar-refractivity contribution is 0.306. The average Bonchev–Trinajstić information content (AvgIpc) is 2.54. The minimum atomic E-state index is 0.263. The Bertz CT molecular complexity index is 706. The molecule has 0 saturated heterocycles. The first-order chi connectivity index (χ1) is 10.6. The second-order valence-corrected chi connectivity index (χ2v) is 5.45. The first kappa shape index (κ1) is 16.7. The Morgan fingerprint density at radius 3 is 2.59 bits per heavy atom. The summed E-state index contributed by atoms with van der Waals surface area (Å²) in [6.07, 6.45) is 0. The molecule has 116 valence electrons. The highest BCUT2D eigenvalue weighted by Gasteiger charge is 2.10. The Morgan fingerprint density at radius 1 is 1.14 bits per heavy atom. The molecule has 2 aromatic rings. The van der Waals surface area contributed by atoms with Crippen molar-refractivity contribution in [3.63, 3.8) is 0 Å². The molecule has 0 heterocycles. The van der Waals surface area contributed by atoms with E-state index in [0.29, 0.717) is 16.6 Å². The van der Waals surface area contributed by atoms with Gasteiger partial charge in [-0.2, -0.15) is 5.10 Å². The van der Waals surface area contributed by atoms with Gasteiger partial charge in [-0.25, -0.2) is 5.84 Å². The van der Waals surface area contributed by atoms with Gasteiger partial charge in [-0.05, 0) is 23.8 Å². The van der Waals surface area contributed by atoms with Gasteiger partial charge in [-0.3, -0.25) is 0 Å². The van der Waals surface area contributed by atoms with E-state index >= 15 is 0 Å². The van der Waals surface area contributed by atoms with Crippen molar-refractivity contribution in [1.29, 1.82) is 0 Å². The third kappa shape index (κ3) is 3.75. The SMILES string of the molecule is N/N=C(\NN)c1cccc(COc2ccc(Cl)c(Cl)c2Cl)c1. The lowest BCUT2D eigenvalue weighted by Gasteiger charge is -2.11. The highest BCUT2D eigenvalue weighted by Crippen LogP contribution is 2.37. The van der Waals surface area contributed by atoms with Crippen molar-refractivity contribution in [2.45, 2.75) is 6.61 Å². The summed E-state index contributed by atoms with van der Waals surface area (Å²) < 4.78 is 5.66. The van der Waals surface area contributed by atoms with Gasteiger partial charge in [-0.1, -0.05) is 53.0 Å². The summed E-state index contributed by atoms with van der Waals surface area (Å²) in [5, 5.41) is 4.47. The number of hydrazone groups is 1. The first-order valence-electron chi connectivity index (χ1n) is 6.17. The number of halogens is 3. The van der Waals surface area contributed by atoms with Gasteiger partial charge in [0.1, 0.15) is 17.4 Å². The van der Waals surface area contributed by atoms with Crippen molar-refractivity contribution >= 4 is 40.6 Å². The van der Waals surface area contributed by atoms with Gasteiger partial charge < -0.3 is 16.0 Å². The summed E-state index contributed by atoms with van der Waals surface area (Å²) in [5.41, 5.74) is 4.05. The molecule has 8 heteroatoms. The maximum absolute atomic E-state index is 6.09. The fourth-order valence-electron chi connectivity index (χ4n) is 1.78. The molecule has 0 fully saturated rings. The Kier molecular flexibility index (Phi) is 5.74. The van der Waals surface area contributed by atoms with Crippen molar-refractivity contribution < 1.29 is 4.74 Å². The Hall–Kier alpha value is -1.66. The van der Waals surface area contributed by atoms with Crippen LogP contribution >= 0.6 is 34.8 Å². The molecule has 5 N–H and O–H groups in total. The van der Waals surface area contributed by atoms with E-state index in [-0.39, 0.29) is 16.7 Å². The molecular formula is C14H13Cl3N4O. The maximum Gasteiger partial charge on any atom is 0.166 e.